The molecule has 1 aromatic rings. The average Bonchev–Trinajstić information content (AvgIpc) is 2.61. The molecule has 5 heteroatoms. The molecule has 76 valence electrons. The van der Waals surface area contributed by atoms with Crippen molar-refractivity contribution in [1.29, 1.82) is 0 Å². The molecule has 0 spiro atoms. The molecule has 0 saturated carbocycles. The number of carbonyl (C=O) groups is 1. The SMILES string of the molecule is O=Cc1sc(Br)cc1N1CCOCC1. The van der Waals surface area contributed by atoms with E-state index in [1.54, 1.807) is 0 Å². The highest BCUT2D eigenvalue weighted by Gasteiger charge is 2.16. The van der Waals surface area contributed by atoms with Crippen LogP contribution >= 0.6 is 27.3 Å². The number of ether oxygens (including phenoxy) is 1. The first kappa shape index (κ1) is 10.1. The van der Waals surface area contributed by atoms with Gasteiger partial charge in [-0.1, -0.05) is 0 Å². The Morgan fingerprint density at radius 2 is 2.21 bits per heavy atom. The monoisotopic (exact) mass is 275 g/mol. The van der Waals surface area contributed by atoms with Crippen LogP contribution in [0.1, 0.15) is 9.67 Å². The van der Waals surface area contributed by atoms with Crippen molar-refractivity contribution in [2.75, 3.05) is 31.2 Å². The van der Waals surface area contributed by atoms with E-state index in [0.29, 0.717) is 0 Å². The zero-order valence-electron chi connectivity index (χ0n) is 7.53. The van der Waals surface area contributed by atoms with Gasteiger partial charge in [0.25, 0.3) is 0 Å². The first-order valence-corrected chi connectivity index (χ1v) is 5.99. The number of morpholine rings is 1. The molecular weight excluding hydrogens is 266 g/mol. The number of anilines is 1. The summed E-state index contributed by atoms with van der Waals surface area (Å²) in [7, 11) is 0. The second-order valence-corrected chi connectivity index (χ2v) is 5.48. The van der Waals surface area contributed by atoms with Crippen molar-refractivity contribution in [2.45, 2.75) is 0 Å². The van der Waals surface area contributed by atoms with Crippen LogP contribution in [0.5, 0.6) is 0 Å². The summed E-state index contributed by atoms with van der Waals surface area (Å²) in [6, 6.07) is 2.00. The summed E-state index contributed by atoms with van der Waals surface area (Å²) in [6.07, 6.45) is 0.917. The summed E-state index contributed by atoms with van der Waals surface area (Å²) >= 11 is 4.87. The van der Waals surface area contributed by atoms with Crippen molar-refractivity contribution < 1.29 is 9.53 Å². The molecule has 0 aliphatic carbocycles. The fourth-order valence-corrected chi connectivity index (χ4v) is 2.96. The van der Waals surface area contributed by atoms with Gasteiger partial charge in [0.2, 0.25) is 0 Å². The third-order valence-electron chi connectivity index (χ3n) is 2.17. The lowest BCUT2D eigenvalue weighted by atomic mass is 10.3. The van der Waals surface area contributed by atoms with Crippen molar-refractivity contribution in [3.8, 4) is 0 Å². The van der Waals surface area contributed by atoms with Crippen molar-refractivity contribution in [1.82, 2.24) is 0 Å². The van der Waals surface area contributed by atoms with E-state index >= 15 is 0 Å². The van der Waals surface area contributed by atoms with Crippen molar-refractivity contribution in [3.63, 3.8) is 0 Å². The number of rotatable bonds is 2. The summed E-state index contributed by atoms with van der Waals surface area (Å²) in [5.41, 5.74) is 1.03. The number of thiophene rings is 1. The highest BCUT2D eigenvalue weighted by atomic mass is 79.9. The zero-order valence-corrected chi connectivity index (χ0v) is 9.94. The Morgan fingerprint density at radius 1 is 1.50 bits per heavy atom. The zero-order chi connectivity index (χ0) is 9.97. The number of carbonyl (C=O) groups excluding carboxylic acids is 1. The van der Waals surface area contributed by atoms with Crippen LogP contribution in [-0.2, 0) is 4.74 Å². The number of hydrogen-bond donors (Lipinski definition) is 0. The van der Waals surface area contributed by atoms with Crippen LogP contribution in [0, 0.1) is 0 Å². The van der Waals surface area contributed by atoms with Crippen molar-refractivity contribution >= 4 is 39.2 Å². The molecule has 2 rings (SSSR count). The second kappa shape index (κ2) is 4.42. The van der Waals surface area contributed by atoms with Gasteiger partial charge < -0.3 is 9.64 Å². The Bertz CT molecular complexity index is 334. The molecule has 14 heavy (non-hydrogen) atoms. The molecule has 1 aliphatic rings. The topological polar surface area (TPSA) is 29.5 Å². The minimum absolute atomic E-state index is 0.742. The Kier molecular flexibility index (Phi) is 3.20. The normalized spacial score (nSPS) is 17.1. The maximum absolute atomic E-state index is 10.8. The molecule has 0 bridgehead atoms. The second-order valence-electron chi connectivity index (χ2n) is 3.02. The minimum Gasteiger partial charge on any atom is -0.378 e. The first-order chi connectivity index (χ1) is 6.81. The van der Waals surface area contributed by atoms with E-state index < -0.39 is 0 Å². The molecule has 1 fully saturated rings. The summed E-state index contributed by atoms with van der Waals surface area (Å²) in [6.45, 7) is 3.21. The molecule has 1 aromatic heterocycles. The Labute approximate surface area is 94.8 Å². The maximum atomic E-state index is 10.8. The van der Waals surface area contributed by atoms with E-state index in [0.717, 1.165) is 46.9 Å². The van der Waals surface area contributed by atoms with E-state index in [-0.39, 0.29) is 0 Å². The summed E-state index contributed by atoms with van der Waals surface area (Å²) in [5.74, 6) is 0. The van der Waals surface area contributed by atoms with Gasteiger partial charge in [-0.3, -0.25) is 4.79 Å². The van der Waals surface area contributed by atoms with Gasteiger partial charge >= 0.3 is 0 Å². The van der Waals surface area contributed by atoms with Crippen molar-refractivity contribution in [3.05, 3.63) is 14.7 Å². The molecule has 0 radical (unpaired) electrons. The van der Waals surface area contributed by atoms with Crippen LogP contribution in [0.25, 0.3) is 0 Å². The standard InChI is InChI=1S/C9H10BrNO2S/c10-9-5-7(8(6-12)14-9)11-1-3-13-4-2-11/h5-6H,1-4H2. The molecule has 0 N–H and O–H groups in total. The van der Waals surface area contributed by atoms with Gasteiger partial charge in [-0.15, -0.1) is 11.3 Å². The van der Waals surface area contributed by atoms with E-state index in [9.17, 15) is 4.79 Å². The predicted molar refractivity (Wildman–Crippen MR) is 60.4 cm³/mol. The molecule has 2 heterocycles. The van der Waals surface area contributed by atoms with E-state index in [4.69, 9.17) is 4.74 Å². The first-order valence-electron chi connectivity index (χ1n) is 4.38. The van der Waals surface area contributed by atoms with Crippen molar-refractivity contribution in [2.24, 2.45) is 0 Å². The largest absolute Gasteiger partial charge is 0.378 e. The number of hydrogen-bond acceptors (Lipinski definition) is 4. The third-order valence-corrected chi connectivity index (χ3v) is 3.72. The van der Waals surface area contributed by atoms with Gasteiger partial charge in [0.15, 0.2) is 6.29 Å². The van der Waals surface area contributed by atoms with Gasteiger partial charge in [0, 0.05) is 13.1 Å². The van der Waals surface area contributed by atoms with Gasteiger partial charge in [-0.2, -0.15) is 0 Å². The maximum Gasteiger partial charge on any atom is 0.162 e. The van der Waals surface area contributed by atoms with Gasteiger partial charge in [0.1, 0.15) is 0 Å². The molecule has 0 amide bonds. The molecule has 1 aliphatic heterocycles. The van der Waals surface area contributed by atoms with Crippen LogP contribution in [-0.4, -0.2) is 32.6 Å². The predicted octanol–water partition coefficient (Wildman–Crippen LogP) is 2.16. The summed E-state index contributed by atoms with van der Waals surface area (Å²) in [4.78, 5) is 13.8. The van der Waals surface area contributed by atoms with Crippen LogP contribution in [0.4, 0.5) is 5.69 Å². The average molecular weight is 276 g/mol. The van der Waals surface area contributed by atoms with Gasteiger partial charge in [-0.05, 0) is 22.0 Å². The summed E-state index contributed by atoms with van der Waals surface area (Å²) in [5, 5.41) is 0. The minimum atomic E-state index is 0.742. The lowest BCUT2D eigenvalue weighted by molar-refractivity contribution is 0.112. The summed E-state index contributed by atoms with van der Waals surface area (Å²) < 4.78 is 6.26. The van der Waals surface area contributed by atoms with Gasteiger partial charge in [-0.25, -0.2) is 0 Å². The molecule has 0 unspecified atom stereocenters. The smallest absolute Gasteiger partial charge is 0.162 e. The van der Waals surface area contributed by atoms with Crippen LogP contribution in [0.2, 0.25) is 0 Å². The molecule has 0 atom stereocenters. The number of aldehydes is 1. The quantitative estimate of drug-likeness (QED) is 0.775. The van der Waals surface area contributed by atoms with Crippen LogP contribution in [0.3, 0.4) is 0 Å². The lowest BCUT2D eigenvalue weighted by Crippen LogP contribution is -2.36. The molecule has 3 nitrogen and oxygen atoms in total. The lowest BCUT2D eigenvalue weighted by Gasteiger charge is -2.28. The fraction of sp³-hybridized carbons (Fsp3) is 0.444. The molecular formula is C9H10BrNO2S. The number of halogens is 1. The van der Waals surface area contributed by atoms with E-state index in [2.05, 4.69) is 20.8 Å². The Balaban J connectivity index is 2.24. The third kappa shape index (κ3) is 1.99. The van der Waals surface area contributed by atoms with E-state index in [1.165, 1.54) is 11.3 Å². The highest BCUT2D eigenvalue weighted by molar-refractivity contribution is 9.11. The fourth-order valence-electron chi connectivity index (χ4n) is 1.50. The highest BCUT2D eigenvalue weighted by Crippen LogP contribution is 2.32. The van der Waals surface area contributed by atoms with Gasteiger partial charge in [0.05, 0.1) is 27.6 Å². The van der Waals surface area contributed by atoms with Crippen LogP contribution < -0.4 is 4.90 Å². The number of nitrogens with zero attached hydrogens (tertiary/aromatic N) is 1. The molecule has 0 aromatic carbocycles. The van der Waals surface area contributed by atoms with Crippen LogP contribution in [0.15, 0.2) is 9.85 Å². The Morgan fingerprint density at radius 3 is 2.86 bits per heavy atom. The molecule has 1 saturated heterocycles. The Hall–Kier alpha value is -0.390. The van der Waals surface area contributed by atoms with E-state index in [1.807, 2.05) is 6.07 Å².